The molecular weight excluding hydrogens is 516 g/mol. The van der Waals surface area contributed by atoms with Gasteiger partial charge in [0.15, 0.2) is 0 Å². The lowest BCUT2D eigenvalue weighted by molar-refractivity contribution is -0.0191. The number of nitrogens with zero attached hydrogens (tertiary/aromatic N) is 2. The predicted octanol–water partition coefficient (Wildman–Crippen LogP) is 8.05. The van der Waals surface area contributed by atoms with Crippen LogP contribution in [0.15, 0.2) is 76.3 Å². The summed E-state index contributed by atoms with van der Waals surface area (Å²) in [7, 11) is 0. The van der Waals surface area contributed by atoms with E-state index >= 15 is 0 Å². The summed E-state index contributed by atoms with van der Waals surface area (Å²) in [5, 5.41) is 7.19. The van der Waals surface area contributed by atoms with E-state index in [4.69, 9.17) is 19.3 Å². The molecule has 36 heavy (non-hydrogen) atoms. The number of ether oxygens (including phenoxy) is 3. The zero-order valence-electron chi connectivity index (χ0n) is 21.0. The van der Waals surface area contributed by atoms with Crippen molar-refractivity contribution in [3.8, 4) is 17.2 Å². The molecule has 0 N–H and O–H groups in total. The number of unbranched alkanes of at least 4 members (excludes halogenated alkanes) is 3. The number of halogens is 1. The first-order valence-corrected chi connectivity index (χ1v) is 13.7. The SMILES string of the molecule is CCCCCCOc1ccc([C@H]2Oc3ccc(Br)cc3[C@@H]3CC(c4ccc(OCC)cc4)=NN23)cc1. The zero-order chi connectivity index (χ0) is 24.9. The molecular formula is C30H33BrN2O3. The van der Waals surface area contributed by atoms with Crippen molar-refractivity contribution in [3.63, 3.8) is 0 Å². The van der Waals surface area contributed by atoms with E-state index < -0.39 is 0 Å². The van der Waals surface area contributed by atoms with Gasteiger partial charge in [-0.25, -0.2) is 5.01 Å². The Morgan fingerprint density at radius 3 is 2.42 bits per heavy atom. The maximum absolute atomic E-state index is 6.52. The lowest BCUT2D eigenvalue weighted by Gasteiger charge is -2.38. The molecule has 2 aliphatic heterocycles. The highest BCUT2D eigenvalue weighted by molar-refractivity contribution is 9.10. The van der Waals surface area contributed by atoms with E-state index in [9.17, 15) is 0 Å². The van der Waals surface area contributed by atoms with Crippen molar-refractivity contribution >= 4 is 21.6 Å². The van der Waals surface area contributed by atoms with E-state index in [1.54, 1.807) is 0 Å². The molecule has 0 radical (unpaired) electrons. The first kappa shape index (κ1) is 24.7. The smallest absolute Gasteiger partial charge is 0.213 e. The third-order valence-corrected chi connectivity index (χ3v) is 7.18. The van der Waals surface area contributed by atoms with E-state index in [-0.39, 0.29) is 12.3 Å². The van der Waals surface area contributed by atoms with Gasteiger partial charge in [-0.1, -0.05) is 42.1 Å². The number of hydrogen-bond donors (Lipinski definition) is 0. The highest BCUT2D eigenvalue weighted by Crippen LogP contribution is 2.48. The molecule has 5 nitrogen and oxygen atoms in total. The van der Waals surface area contributed by atoms with Crippen LogP contribution in [0.3, 0.4) is 0 Å². The zero-order valence-corrected chi connectivity index (χ0v) is 22.5. The topological polar surface area (TPSA) is 43.3 Å². The van der Waals surface area contributed by atoms with Gasteiger partial charge in [0.25, 0.3) is 0 Å². The Kier molecular flexibility index (Phi) is 7.81. The fourth-order valence-electron chi connectivity index (χ4n) is 4.81. The highest BCUT2D eigenvalue weighted by atomic mass is 79.9. The maximum atomic E-state index is 6.52. The Hall–Kier alpha value is -2.99. The van der Waals surface area contributed by atoms with Crippen molar-refractivity contribution in [2.75, 3.05) is 13.2 Å². The van der Waals surface area contributed by atoms with Gasteiger partial charge in [-0.05, 0) is 85.6 Å². The van der Waals surface area contributed by atoms with Crippen LogP contribution in [0.25, 0.3) is 0 Å². The molecule has 6 heteroatoms. The first-order valence-electron chi connectivity index (χ1n) is 12.9. The van der Waals surface area contributed by atoms with E-state index in [1.807, 2.05) is 43.3 Å². The molecule has 188 valence electrons. The second-order valence-electron chi connectivity index (χ2n) is 9.23. The van der Waals surface area contributed by atoms with Crippen LogP contribution in [0.2, 0.25) is 0 Å². The van der Waals surface area contributed by atoms with Crippen LogP contribution in [-0.4, -0.2) is 23.9 Å². The molecule has 0 aliphatic carbocycles. The van der Waals surface area contributed by atoms with Crippen molar-refractivity contribution in [1.29, 1.82) is 0 Å². The Morgan fingerprint density at radius 1 is 0.917 bits per heavy atom. The quantitative estimate of drug-likeness (QED) is 0.240. The number of fused-ring (bicyclic) bond motifs is 3. The van der Waals surface area contributed by atoms with Gasteiger partial charge in [0.2, 0.25) is 6.23 Å². The van der Waals surface area contributed by atoms with Crippen LogP contribution < -0.4 is 14.2 Å². The van der Waals surface area contributed by atoms with Crippen molar-refractivity contribution in [2.24, 2.45) is 5.10 Å². The summed E-state index contributed by atoms with van der Waals surface area (Å²) in [6.07, 6.45) is 5.31. The van der Waals surface area contributed by atoms with Crippen LogP contribution >= 0.6 is 15.9 Å². The number of hydrogen-bond acceptors (Lipinski definition) is 5. The lowest BCUT2D eigenvalue weighted by atomic mass is 9.96. The van der Waals surface area contributed by atoms with Crippen LogP contribution in [0.4, 0.5) is 0 Å². The van der Waals surface area contributed by atoms with Gasteiger partial charge >= 0.3 is 0 Å². The molecule has 2 atom stereocenters. The summed E-state index contributed by atoms with van der Waals surface area (Å²) in [5.41, 5.74) is 4.37. The third-order valence-electron chi connectivity index (χ3n) is 6.68. The van der Waals surface area contributed by atoms with Gasteiger partial charge in [-0.3, -0.25) is 0 Å². The lowest BCUT2D eigenvalue weighted by Crippen LogP contribution is -2.33. The van der Waals surface area contributed by atoms with Crippen LogP contribution in [0.1, 0.15) is 74.9 Å². The van der Waals surface area contributed by atoms with E-state index in [1.165, 1.54) is 19.3 Å². The Balaban J connectivity index is 1.38. The molecule has 0 amide bonds. The second-order valence-corrected chi connectivity index (χ2v) is 10.2. The summed E-state index contributed by atoms with van der Waals surface area (Å²) in [6, 6.07) is 22.8. The molecule has 0 spiro atoms. The largest absolute Gasteiger partial charge is 0.494 e. The molecule has 0 unspecified atom stereocenters. The second kappa shape index (κ2) is 11.4. The average Bonchev–Trinajstić information content (AvgIpc) is 3.35. The van der Waals surface area contributed by atoms with Crippen molar-refractivity contribution < 1.29 is 14.2 Å². The molecule has 0 aromatic heterocycles. The molecule has 5 rings (SSSR count). The maximum Gasteiger partial charge on any atom is 0.213 e. The van der Waals surface area contributed by atoms with Gasteiger partial charge in [0, 0.05) is 22.0 Å². The molecule has 2 aliphatic rings. The molecule has 3 aromatic rings. The Bertz CT molecular complexity index is 1190. The average molecular weight is 550 g/mol. The number of rotatable bonds is 10. The van der Waals surface area contributed by atoms with Crippen molar-refractivity contribution in [1.82, 2.24) is 5.01 Å². The molecule has 2 heterocycles. The molecule has 0 fully saturated rings. The Labute approximate surface area is 222 Å². The molecule has 3 aromatic carbocycles. The molecule has 0 saturated heterocycles. The van der Waals surface area contributed by atoms with Crippen LogP contribution in [0, 0.1) is 0 Å². The molecule has 0 saturated carbocycles. The number of hydrazone groups is 1. The van der Waals surface area contributed by atoms with Gasteiger partial charge in [-0.2, -0.15) is 5.10 Å². The summed E-state index contributed by atoms with van der Waals surface area (Å²) in [5.74, 6) is 2.68. The minimum absolute atomic E-state index is 0.104. The minimum atomic E-state index is -0.303. The van der Waals surface area contributed by atoms with Crippen molar-refractivity contribution in [2.45, 2.75) is 58.2 Å². The van der Waals surface area contributed by atoms with Gasteiger partial charge in [-0.15, -0.1) is 0 Å². The minimum Gasteiger partial charge on any atom is -0.494 e. The highest BCUT2D eigenvalue weighted by Gasteiger charge is 2.41. The predicted molar refractivity (Wildman–Crippen MR) is 147 cm³/mol. The monoisotopic (exact) mass is 548 g/mol. The van der Waals surface area contributed by atoms with E-state index in [0.29, 0.717) is 6.61 Å². The first-order chi connectivity index (χ1) is 17.7. The van der Waals surface area contributed by atoms with Gasteiger partial charge in [0.05, 0.1) is 25.0 Å². The Morgan fingerprint density at radius 2 is 1.67 bits per heavy atom. The van der Waals surface area contributed by atoms with Crippen molar-refractivity contribution in [3.05, 3.63) is 87.9 Å². The number of benzene rings is 3. The summed E-state index contributed by atoms with van der Waals surface area (Å²) in [4.78, 5) is 0. The normalized spacial score (nSPS) is 18.2. The van der Waals surface area contributed by atoms with Gasteiger partial charge in [0.1, 0.15) is 17.2 Å². The van der Waals surface area contributed by atoms with E-state index in [0.717, 1.165) is 63.6 Å². The standard InChI is InChI=1S/C30H33BrN2O3/c1-3-5-6-7-18-35-25-15-10-22(11-16-25)30-33-28(26-19-23(31)12-17-29(26)36-30)20-27(32-33)21-8-13-24(14-9-21)34-4-2/h8-17,19,28,30H,3-7,18,20H2,1-2H3/t28-,30+/m0/s1. The van der Waals surface area contributed by atoms with Crippen LogP contribution in [-0.2, 0) is 0 Å². The fourth-order valence-corrected chi connectivity index (χ4v) is 5.19. The molecule has 0 bridgehead atoms. The van der Waals surface area contributed by atoms with Crippen LogP contribution in [0.5, 0.6) is 17.2 Å². The summed E-state index contributed by atoms with van der Waals surface area (Å²) in [6.45, 7) is 5.63. The summed E-state index contributed by atoms with van der Waals surface area (Å²) < 4.78 is 19.1. The summed E-state index contributed by atoms with van der Waals surface area (Å²) >= 11 is 3.63. The van der Waals surface area contributed by atoms with Gasteiger partial charge < -0.3 is 14.2 Å². The third kappa shape index (κ3) is 5.39. The van der Waals surface area contributed by atoms with E-state index in [2.05, 4.69) is 58.2 Å². The fraction of sp³-hybridized carbons (Fsp3) is 0.367.